The van der Waals surface area contributed by atoms with Crippen LogP contribution in [0.15, 0.2) is 12.3 Å². The molecule has 0 radical (unpaired) electrons. The van der Waals surface area contributed by atoms with Gasteiger partial charge in [0.2, 0.25) is 0 Å². The molecule has 4 nitrogen and oxygen atoms in total. The Morgan fingerprint density at radius 1 is 1.50 bits per heavy atom. The van der Waals surface area contributed by atoms with Crippen LogP contribution in [0.3, 0.4) is 0 Å². The zero-order valence-corrected chi connectivity index (χ0v) is 9.66. The van der Waals surface area contributed by atoms with Gasteiger partial charge in [0.15, 0.2) is 0 Å². The highest BCUT2D eigenvalue weighted by molar-refractivity contribution is 5.50. The molecular weight excluding hydrogens is 202 g/mol. The van der Waals surface area contributed by atoms with E-state index in [4.69, 9.17) is 5.73 Å². The highest BCUT2D eigenvalue weighted by Gasteiger charge is 2.30. The Morgan fingerprint density at radius 3 is 2.81 bits per heavy atom. The van der Waals surface area contributed by atoms with Crippen LogP contribution in [0.1, 0.15) is 31.2 Å². The summed E-state index contributed by atoms with van der Waals surface area (Å²) in [5.74, 6) is 0.784. The minimum absolute atomic E-state index is 0.545. The normalized spacial score (nSPS) is 18.6. The van der Waals surface area contributed by atoms with E-state index < -0.39 is 5.60 Å². The maximum atomic E-state index is 10.2. The molecule has 0 atom stereocenters. The number of nitrogens with zero attached hydrogens (tertiary/aromatic N) is 1. The zero-order valence-electron chi connectivity index (χ0n) is 9.66. The van der Waals surface area contributed by atoms with E-state index in [0.717, 1.165) is 37.1 Å². The SMILES string of the molecule is Cc1cc(NCC2(O)CCCC2)ncc1N. The molecule has 4 N–H and O–H groups in total. The smallest absolute Gasteiger partial charge is 0.126 e. The van der Waals surface area contributed by atoms with Crippen LogP contribution in [0.5, 0.6) is 0 Å². The van der Waals surface area contributed by atoms with Crippen molar-refractivity contribution in [1.29, 1.82) is 0 Å². The van der Waals surface area contributed by atoms with E-state index in [0.29, 0.717) is 12.2 Å². The number of aryl methyl sites for hydroxylation is 1. The van der Waals surface area contributed by atoms with Crippen molar-refractivity contribution in [2.45, 2.75) is 38.2 Å². The third-order valence-corrected chi connectivity index (χ3v) is 3.28. The molecule has 0 saturated heterocycles. The van der Waals surface area contributed by atoms with Crippen molar-refractivity contribution in [2.75, 3.05) is 17.6 Å². The number of hydrogen-bond acceptors (Lipinski definition) is 4. The van der Waals surface area contributed by atoms with Crippen molar-refractivity contribution >= 4 is 11.5 Å². The number of nitrogen functional groups attached to an aromatic ring is 1. The Bertz CT molecular complexity index is 373. The first kappa shape index (κ1) is 11.2. The molecule has 1 saturated carbocycles. The Morgan fingerprint density at radius 2 is 2.19 bits per heavy atom. The van der Waals surface area contributed by atoms with Gasteiger partial charge in [0.25, 0.3) is 0 Å². The van der Waals surface area contributed by atoms with E-state index in [1.54, 1.807) is 6.20 Å². The Hall–Kier alpha value is -1.29. The number of aromatic nitrogens is 1. The lowest BCUT2D eigenvalue weighted by atomic mass is 10.0. The lowest BCUT2D eigenvalue weighted by Gasteiger charge is -2.22. The van der Waals surface area contributed by atoms with E-state index in [1.807, 2.05) is 13.0 Å². The number of nitrogens with one attached hydrogen (secondary N) is 1. The van der Waals surface area contributed by atoms with Gasteiger partial charge >= 0.3 is 0 Å². The van der Waals surface area contributed by atoms with Crippen molar-refractivity contribution < 1.29 is 5.11 Å². The summed E-state index contributed by atoms with van der Waals surface area (Å²) >= 11 is 0. The molecule has 1 aromatic heterocycles. The second-order valence-electron chi connectivity index (χ2n) is 4.71. The Labute approximate surface area is 95.9 Å². The van der Waals surface area contributed by atoms with Crippen molar-refractivity contribution in [3.8, 4) is 0 Å². The first-order valence-electron chi connectivity index (χ1n) is 5.77. The molecule has 0 bridgehead atoms. The van der Waals surface area contributed by atoms with Gasteiger partial charge in [-0.2, -0.15) is 0 Å². The van der Waals surface area contributed by atoms with E-state index in [1.165, 1.54) is 0 Å². The molecule has 0 spiro atoms. The molecule has 2 rings (SSSR count). The summed E-state index contributed by atoms with van der Waals surface area (Å²) in [5, 5.41) is 13.3. The fraction of sp³-hybridized carbons (Fsp3) is 0.583. The topological polar surface area (TPSA) is 71.2 Å². The van der Waals surface area contributed by atoms with E-state index in [9.17, 15) is 5.11 Å². The zero-order chi connectivity index (χ0) is 11.6. The van der Waals surface area contributed by atoms with Gasteiger partial charge in [0.05, 0.1) is 17.5 Å². The monoisotopic (exact) mass is 221 g/mol. The predicted octanol–water partition coefficient (Wildman–Crippen LogP) is 1.69. The maximum Gasteiger partial charge on any atom is 0.126 e. The minimum atomic E-state index is -0.545. The van der Waals surface area contributed by atoms with E-state index in [-0.39, 0.29) is 0 Å². The number of aliphatic hydroxyl groups is 1. The largest absolute Gasteiger partial charge is 0.397 e. The van der Waals surface area contributed by atoms with Crippen LogP contribution >= 0.6 is 0 Å². The Kier molecular flexibility index (Phi) is 3.01. The molecule has 1 heterocycles. The van der Waals surface area contributed by atoms with Crippen LogP contribution in [-0.2, 0) is 0 Å². The van der Waals surface area contributed by atoms with Crippen LogP contribution in [-0.4, -0.2) is 22.2 Å². The predicted molar refractivity (Wildman–Crippen MR) is 65.3 cm³/mol. The third-order valence-electron chi connectivity index (χ3n) is 3.28. The fourth-order valence-corrected chi connectivity index (χ4v) is 2.13. The van der Waals surface area contributed by atoms with Gasteiger partial charge in [0, 0.05) is 6.54 Å². The van der Waals surface area contributed by atoms with Gasteiger partial charge in [-0.15, -0.1) is 0 Å². The first-order chi connectivity index (χ1) is 7.59. The highest BCUT2D eigenvalue weighted by Crippen LogP contribution is 2.29. The van der Waals surface area contributed by atoms with Crippen LogP contribution in [0.2, 0.25) is 0 Å². The van der Waals surface area contributed by atoms with Gasteiger partial charge in [-0.05, 0) is 31.4 Å². The minimum Gasteiger partial charge on any atom is -0.397 e. The average molecular weight is 221 g/mol. The number of pyridine rings is 1. The molecule has 0 aliphatic heterocycles. The van der Waals surface area contributed by atoms with Crippen molar-refractivity contribution in [3.63, 3.8) is 0 Å². The van der Waals surface area contributed by atoms with Crippen molar-refractivity contribution in [2.24, 2.45) is 0 Å². The maximum absolute atomic E-state index is 10.2. The molecule has 1 aliphatic rings. The van der Waals surface area contributed by atoms with Gasteiger partial charge in [-0.3, -0.25) is 0 Å². The number of rotatable bonds is 3. The van der Waals surface area contributed by atoms with Gasteiger partial charge in [-0.25, -0.2) is 4.98 Å². The Balaban J connectivity index is 1.96. The second-order valence-corrected chi connectivity index (χ2v) is 4.71. The molecule has 0 unspecified atom stereocenters. The standard InChI is InChI=1S/C12H19N3O/c1-9-6-11(14-7-10(9)13)15-8-12(16)4-2-3-5-12/h6-7,16H,2-5,8,13H2,1H3,(H,14,15). The van der Waals surface area contributed by atoms with E-state index in [2.05, 4.69) is 10.3 Å². The molecular formula is C12H19N3O. The highest BCUT2D eigenvalue weighted by atomic mass is 16.3. The van der Waals surface area contributed by atoms with Crippen LogP contribution < -0.4 is 11.1 Å². The van der Waals surface area contributed by atoms with Gasteiger partial charge < -0.3 is 16.2 Å². The molecule has 0 aromatic carbocycles. The van der Waals surface area contributed by atoms with Crippen LogP contribution in [0, 0.1) is 6.92 Å². The van der Waals surface area contributed by atoms with Crippen molar-refractivity contribution in [1.82, 2.24) is 4.98 Å². The summed E-state index contributed by atoms with van der Waals surface area (Å²) in [6, 6.07) is 1.91. The second kappa shape index (κ2) is 4.29. The number of anilines is 2. The molecule has 16 heavy (non-hydrogen) atoms. The lowest BCUT2D eigenvalue weighted by molar-refractivity contribution is 0.0614. The summed E-state index contributed by atoms with van der Waals surface area (Å²) < 4.78 is 0. The molecule has 4 heteroatoms. The summed E-state index contributed by atoms with van der Waals surface area (Å²) in [6.45, 7) is 2.52. The number of hydrogen-bond donors (Lipinski definition) is 3. The average Bonchev–Trinajstić information content (AvgIpc) is 2.68. The molecule has 1 aromatic rings. The van der Waals surface area contributed by atoms with E-state index >= 15 is 0 Å². The van der Waals surface area contributed by atoms with Gasteiger partial charge in [-0.1, -0.05) is 12.8 Å². The first-order valence-corrected chi connectivity index (χ1v) is 5.77. The van der Waals surface area contributed by atoms with Crippen molar-refractivity contribution in [3.05, 3.63) is 17.8 Å². The quantitative estimate of drug-likeness (QED) is 0.726. The summed E-state index contributed by atoms with van der Waals surface area (Å²) in [7, 11) is 0. The summed E-state index contributed by atoms with van der Waals surface area (Å²) in [6.07, 6.45) is 5.65. The lowest BCUT2D eigenvalue weighted by Crippen LogP contribution is -2.33. The van der Waals surface area contributed by atoms with Crippen LogP contribution in [0.25, 0.3) is 0 Å². The summed E-state index contributed by atoms with van der Waals surface area (Å²) in [5.41, 5.74) is 6.86. The number of nitrogens with two attached hydrogens (primary N) is 1. The third kappa shape index (κ3) is 2.44. The van der Waals surface area contributed by atoms with Gasteiger partial charge in [0.1, 0.15) is 5.82 Å². The summed E-state index contributed by atoms with van der Waals surface area (Å²) in [4.78, 5) is 4.18. The fourth-order valence-electron chi connectivity index (χ4n) is 2.13. The molecule has 1 aliphatic carbocycles. The molecule has 88 valence electrons. The molecule has 0 amide bonds. The van der Waals surface area contributed by atoms with Crippen LogP contribution in [0.4, 0.5) is 11.5 Å². The molecule has 1 fully saturated rings.